The van der Waals surface area contributed by atoms with Gasteiger partial charge in [-0.25, -0.2) is 12.8 Å². The van der Waals surface area contributed by atoms with Crippen molar-refractivity contribution in [2.24, 2.45) is 16.6 Å². The Balaban J connectivity index is 2.52. The minimum Gasteiger partial charge on any atom is -0.409 e. The van der Waals surface area contributed by atoms with Gasteiger partial charge in [0.2, 0.25) is 15.9 Å². The number of hydrogen-bond donors (Lipinski definition) is 3. The second-order valence-electron chi connectivity index (χ2n) is 7.22. The summed E-state index contributed by atoms with van der Waals surface area (Å²) < 4.78 is 79.9. The summed E-state index contributed by atoms with van der Waals surface area (Å²) >= 11 is 5.79. The van der Waals surface area contributed by atoms with Crippen molar-refractivity contribution < 1.29 is 36.0 Å². The van der Waals surface area contributed by atoms with Crippen molar-refractivity contribution in [1.29, 1.82) is 0 Å². The van der Waals surface area contributed by atoms with Gasteiger partial charge in [0.1, 0.15) is 11.9 Å². The zero-order chi connectivity index (χ0) is 25.7. The molecule has 0 unspecified atom stereocenters. The monoisotopic (exact) mass is 524 g/mol. The van der Waals surface area contributed by atoms with E-state index in [1.54, 1.807) is 0 Å². The lowest BCUT2D eigenvalue weighted by Crippen LogP contribution is -2.47. The lowest BCUT2D eigenvalue weighted by atomic mass is 10.1. The maximum absolute atomic E-state index is 14.7. The molecule has 0 aliphatic rings. The van der Waals surface area contributed by atoms with Crippen LogP contribution in [0.3, 0.4) is 0 Å². The molecule has 0 fully saturated rings. The summed E-state index contributed by atoms with van der Waals surface area (Å²) in [5.41, 5.74) is 10.5. The molecule has 0 aliphatic heterocycles. The molecule has 1 amide bonds. The molecule has 2 aromatic rings. The van der Waals surface area contributed by atoms with E-state index in [1.807, 2.05) is 0 Å². The molecule has 186 valence electrons. The molecular formula is C20H21ClF4N4O4S. The fourth-order valence-electron chi connectivity index (χ4n) is 3.09. The van der Waals surface area contributed by atoms with Crippen molar-refractivity contribution in [1.82, 2.24) is 4.31 Å². The van der Waals surface area contributed by atoms with Crippen molar-refractivity contribution >= 4 is 33.4 Å². The zero-order valence-corrected chi connectivity index (χ0v) is 19.0. The van der Waals surface area contributed by atoms with E-state index in [9.17, 15) is 30.8 Å². The van der Waals surface area contributed by atoms with E-state index in [2.05, 4.69) is 5.16 Å². The van der Waals surface area contributed by atoms with Gasteiger partial charge < -0.3 is 16.7 Å². The number of rotatable bonds is 10. The molecule has 0 saturated heterocycles. The summed E-state index contributed by atoms with van der Waals surface area (Å²) in [4.78, 5) is 11.8. The van der Waals surface area contributed by atoms with Gasteiger partial charge >= 0.3 is 6.18 Å². The number of halogens is 5. The lowest BCUT2D eigenvalue weighted by Gasteiger charge is -2.29. The molecule has 0 spiro atoms. The van der Waals surface area contributed by atoms with Crippen LogP contribution in [0.15, 0.2) is 52.5 Å². The fourth-order valence-corrected chi connectivity index (χ4v) is 4.82. The van der Waals surface area contributed by atoms with Gasteiger partial charge in [0.05, 0.1) is 4.90 Å². The van der Waals surface area contributed by atoms with Crippen LogP contribution in [0.2, 0.25) is 5.02 Å². The molecule has 0 aliphatic carbocycles. The van der Waals surface area contributed by atoms with Gasteiger partial charge in [0.25, 0.3) is 0 Å². The molecule has 34 heavy (non-hydrogen) atoms. The van der Waals surface area contributed by atoms with Gasteiger partial charge in [-0.15, -0.1) is 0 Å². The fraction of sp³-hybridized carbons (Fsp3) is 0.300. The summed E-state index contributed by atoms with van der Waals surface area (Å²) in [5.74, 6) is -2.56. The largest absolute Gasteiger partial charge is 0.409 e. The van der Waals surface area contributed by atoms with Crippen LogP contribution in [-0.4, -0.2) is 41.9 Å². The average molecular weight is 525 g/mol. The molecule has 8 nitrogen and oxygen atoms in total. The number of primary amides is 1. The quantitative estimate of drug-likeness (QED) is 0.144. The smallest absolute Gasteiger partial charge is 0.389 e. The summed E-state index contributed by atoms with van der Waals surface area (Å²) in [7, 11) is -4.54. The summed E-state index contributed by atoms with van der Waals surface area (Å²) in [6.45, 7) is -0.729. The highest BCUT2D eigenvalue weighted by atomic mass is 35.5. The number of alkyl halides is 3. The summed E-state index contributed by atoms with van der Waals surface area (Å²) in [5, 5.41) is 11.7. The zero-order valence-electron chi connectivity index (χ0n) is 17.5. The Kier molecular flexibility index (Phi) is 8.86. The highest BCUT2D eigenvalue weighted by molar-refractivity contribution is 7.89. The number of amides is 1. The molecule has 0 saturated carbocycles. The Morgan fingerprint density at radius 2 is 1.76 bits per heavy atom. The van der Waals surface area contributed by atoms with Crippen molar-refractivity contribution in [3.8, 4) is 0 Å². The summed E-state index contributed by atoms with van der Waals surface area (Å²) in [6, 6.07) is 6.35. The number of oxime groups is 1. The van der Waals surface area contributed by atoms with Gasteiger partial charge in [-0.3, -0.25) is 4.79 Å². The Labute approximate surface area is 197 Å². The van der Waals surface area contributed by atoms with E-state index in [0.717, 1.165) is 24.3 Å². The van der Waals surface area contributed by atoms with Crippen molar-refractivity contribution in [3.63, 3.8) is 0 Å². The normalized spacial score (nSPS) is 13.8. The van der Waals surface area contributed by atoms with Crippen LogP contribution in [0, 0.1) is 5.82 Å². The predicted octanol–water partition coefficient (Wildman–Crippen LogP) is 3.35. The van der Waals surface area contributed by atoms with Gasteiger partial charge in [-0.1, -0.05) is 28.9 Å². The van der Waals surface area contributed by atoms with Crippen LogP contribution >= 0.6 is 11.6 Å². The van der Waals surface area contributed by atoms with Gasteiger partial charge in [0, 0.05) is 29.1 Å². The first-order valence-electron chi connectivity index (χ1n) is 9.66. The maximum Gasteiger partial charge on any atom is 0.389 e. The number of carbonyl (C=O) groups excluding carboxylic acids is 1. The number of sulfonamides is 1. The Hall–Kier alpha value is -2.90. The number of carbonyl (C=O) groups is 1. The first-order chi connectivity index (χ1) is 15.8. The van der Waals surface area contributed by atoms with Crippen molar-refractivity contribution in [3.05, 3.63) is 64.4 Å². The summed E-state index contributed by atoms with van der Waals surface area (Å²) in [6.07, 6.45) is -6.94. The SMILES string of the molecule is NC(=O)[C@@H](CCCC(F)(F)F)N(Cc1ccc(/C(N)=N/O)cc1F)S(=O)(=O)c1ccc(Cl)cc1. The number of nitrogens with two attached hydrogens (primary N) is 2. The van der Waals surface area contributed by atoms with Gasteiger partial charge in [0.15, 0.2) is 5.84 Å². The van der Waals surface area contributed by atoms with Crippen LogP contribution in [0.4, 0.5) is 17.6 Å². The topological polar surface area (TPSA) is 139 Å². The molecule has 2 aromatic carbocycles. The second kappa shape index (κ2) is 11.0. The Bertz CT molecular complexity index is 1160. The molecular weight excluding hydrogens is 504 g/mol. The number of hydrogen-bond acceptors (Lipinski definition) is 5. The molecule has 1 atom stereocenters. The van der Waals surface area contributed by atoms with Crippen LogP contribution in [0.1, 0.15) is 30.4 Å². The maximum atomic E-state index is 14.7. The predicted molar refractivity (Wildman–Crippen MR) is 116 cm³/mol. The van der Waals surface area contributed by atoms with Gasteiger partial charge in [-0.05, 0) is 43.2 Å². The van der Waals surface area contributed by atoms with Crippen LogP contribution in [-0.2, 0) is 21.4 Å². The molecule has 2 rings (SSSR count). The first-order valence-corrected chi connectivity index (χ1v) is 11.5. The van der Waals surface area contributed by atoms with Crippen LogP contribution in [0.5, 0.6) is 0 Å². The highest BCUT2D eigenvalue weighted by Crippen LogP contribution is 2.28. The molecule has 14 heteroatoms. The molecule has 5 N–H and O–H groups in total. The average Bonchev–Trinajstić information content (AvgIpc) is 2.75. The van der Waals surface area contributed by atoms with Gasteiger partial charge in [-0.2, -0.15) is 17.5 Å². The highest BCUT2D eigenvalue weighted by Gasteiger charge is 2.36. The van der Waals surface area contributed by atoms with E-state index >= 15 is 0 Å². The second-order valence-corrected chi connectivity index (χ2v) is 9.55. The number of benzene rings is 2. The lowest BCUT2D eigenvalue weighted by molar-refractivity contribution is -0.137. The molecule has 0 heterocycles. The van der Waals surface area contributed by atoms with Crippen molar-refractivity contribution in [2.75, 3.05) is 0 Å². The molecule has 0 aromatic heterocycles. The molecule has 0 bridgehead atoms. The Morgan fingerprint density at radius 1 is 1.15 bits per heavy atom. The third-order valence-electron chi connectivity index (χ3n) is 4.82. The Morgan fingerprint density at radius 3 is 2.26 bits per heavy atom. The third-order valence-corrected chi connectivity index (χ3v) is 6.94. The third kappa shape index (κ3) is 7.05. The number of amidine groups is 1. The van der Waals surface area contributed by atoms with Crippen LogP contribution < -0.4 is 11.5 Å². The van der Waals surface area contributed by atoms with Crippen molar-refractivity contribution in [2.45, 2.75) is 42.9 Å². The molecule has 0 radical (unpaired) electrons. The minimum absolute atomic E-state index is 0.00696. The standard InChI is InChI=1S/C20H21ClF4N4O4S/c21-14-5-7-15(8-6-14)34(32,33)29(17(19(27)30)2-1-9-20(23,24)25)11-13-4-3-12(10-16(13)22)18(26)28-31/h3-8,10,17,31H,1-2,9,11H2,(H2,26,28)(H2,27,30)/t17-/m1/s1. The van der Waals surface area contributed by atoms with E-state index in [4.69, 9.17) is 28.3 Å². The number of nitrogens with zero attached hydrogens (tertiary/aromatic N) is 2. The van der Waals surface area contributed by atoms with E-state index in [-0.39, 0.29) is 21.0 Å². The van der Waals surface area contributed by atoms with Crippen LogP contribution in [0.25, 0.3) is 0 Å². The van der Waals surface area contributed by atoms with E-state index in [1.165, 1.54) is 18.2 Å². The first kappa shape index (κ1) is 27.3. The van der Waals surface area contributed by atoms with E-state index in [0.29, 0.717) is 4.31 Å². The van der Waals surface area contributed by atoms with E-state index < -0.39 is 65.6 Å². The minimum atomic E-state index is -4.54.